The number of nitrogens with one attached hydrogen (secondary N) is 1. The van der Waals surface area contributed by atoms with Gasteiger partial charge in [-0.2, -0.15) is 0 Å². The molecule has 18 nitrogen and oxygen atoms in total. The van der Waals surface area contributed by atoms with Crippen molar-refractivity contribution in [3.05, 3.63) is 0 Å². The first-order chi connectivity index (χ1) is 16.0. The molecule has 0 unspecified atom stereocenters. The minimum Gasteiger partial charge on any atom is -0.481 e. The van der Waals surface area contributed by atoms with Crippen LogP contribution in [0.2, 0.25) is 0 Å². The number of carboxylic acid groups (broad SMARTS) is 3. The van der Waals surface area contributed by atoms with Crippen molar-refractivity contribution in [2.45, 2.75) is 66.2 Å². The number of carboxylic acids is 3. The summed E-state index contributed by atoms with van der Waals surface area (Å²) in [5.41, 5.74) is -1.00. The number of carbonyl (C=O) groups is 3. The van der Waals surface area contributed by atoms with Gasteiger partial charge in [-0.3, -0.25) is 9.59 Å². The number of guanidine groups is 1. The normalized spacial score (nSPS) is 43.2. The molecule has 35 heavy (non-hydrogen) atoms. The number of rotatable bonds is 6. The van der Waals surface area contributed by atoms with Gasteiger partial charge in [0.05, 0.1) is 25.4 Å². The third-order valence-corrected chi connectivity index (χ3v) is 6.50. The van der Waals surface area contributed by atoms with E-state index in [1.165, 1.54) is 0 Å². The molecule has 0 aromatic carbocycles. The highest BCUT2D eigenvalue weighted by atomic mass is 16.9. The highest BCUT2D eigenvalue weighted by molar-refractivity contribution is 5.88. The van der Waals surface area contributed by atoms with Crippen LogP contribution in [0.4, 0.5) is 0 Å². The molecule has 4 bridgehead atoms. The molecule has 4 fully saturated rings. The number of aliphatic hydroxyl groups is 7. The molecular formula is C17H25N3O15. The number of nitrogens with two attached hydrogens (primary N) is 1. The lowest BCUT2D eigenvalue weighted by molar-refractivity contribution is -0.548. The summed E-state index contributed by atoms with van der Waals surface area (Å²) in [6, 6.07) is 0. The summed E-state index contributed by atoms with van der Waals surface area (Å²) in [5.74, 6) is -8.96. The van der Waals surface area contributed by atoms with Crippen molar-refractivity contribution in [1.29, 1.82) is 0 Å². The number of aliphatic imine (C=N–C) groups is 1. The second-order valence-electron chi connectivity index (χ2n) is 8.69. The molecule has 0 amide bonds. The fraction of sp³-hybridized carbons (Fsp3) is 0.765. The third-order valence-electron chi connectivity index (χ3n) is 6.50. The smallest absolute Gasteiger partial charge is 0.336 e. The van der Waals surface area contributed by atoms with Crippen LogP contribution in [0.3, 0.4) is 0 Å². The molecule has 0 aromatic rings. The van der Waals surface area contributed by atoms with E-state index in [1.807, 2.05) is 0 Å². The fourth-order valence-electron chi connectivity index (χ4n) is 4.95. The maximum absolute atomic E-state index is 10.6. The number of hydrogen-bond donors (Lipinski definition) is 12. The van der Waals surface area contributed by atoms with E-state index in [1.54, 1.807) is 0 Å². The van der Waals surface area contributed by atoms with Gasteiger partial charge >= 0.3 is 23.9 Å². The number of nitrogens with zero attached hydrogens (tertiary/aromatic N) is 1. The molecule has 9 atom stereocenters. The van der Waals surface area contributed by atoms with Crippen molar-refractivity contribution in [2.24, 2.45) is 16.6 Å². The van der Waals surface area contributed by atoms with E-state index in [9.17, 15) is 45.0 Å². The Morgan fingerprint density at radius 2 is 1.54 bits per heavy atom. The van der Waals surface area contributed by atoms with Gasteiger partial charge < -0.3 is 71.6 Å². The Bertz CT molecular complexity index is 930. The van der Waals surface area contributed by atoms with Crippen LogP contribution in [0.1, 0.15) is 12.8 Å². The van der Waals surface area contributed by atoms with E-state index >= 15 is 0 Å². The number of hydrogen-bond acceptors (Lipinski definition) is 15. The van der Waals surface area contributed by atoms with Crippen LogP contribution >= 0.6 is 0 Å². The van der Waals surface area contributed by atoms with Gasteiger partial charge in [-0.25, -0.2) is 9.79 Å². The third kappa shape index (κ3) is 3.88. The topological polar surface area (TPSA) is 322 Å². The van der Waals surface area contributed by atoms with Crippen molar-refractivity contribution in [3.8, 4) is 0 Å². The Morgan fingerprint density at radius 3 is 2.00 bits per heavy atom. The van der Waals surface area contributed by atoms with Crippen LogP contribution in [-0.2, 0) is 23.9 Å². The first-order valence-corrected chi connectivity index (χ1v) is 9.94. The lowest BCUT2D eigenvalue weighted by Crippen LogP contribution is -2.95. The molecule has 1 aliphatic carbocycles. The van der Waals surface area contributed by atoms with Crippen molar-refractivity contribution >= 4 is 23.9 Å². The van der Waals surface area contributed by atoms with Crippen LogP contribution in [0.25, 0.3) is 0 Å². The van der Waals surface area contributed by atoms with Crippen LogP contribution in [0.5, 0.6) is 0 Å². The highest BCUT2D eigenvalue weighted by Gasteiger charge is 2.83. The molecule has 0 radical (unpaired) electrons. The average Bonchev–Trinajstić information content (AvgIpc) is 2.71. The standard InChI is InChI=1S/C11H17N3O8.C6H8O7/c12-8-13-6(17)2-4-9(19,1-15)5-3(16)10(2,14-8)7(18)11(20,21-4)22-5;7-3(8)1-6(13,5(11)12)2-4(9)10/h2-7,15-20H,1H2,(H3,12,13,14);13H,1-2H2,(H,7,8)(H,9,10)(H,11,12)/t2-,3-,4-,5+,6-,7+,9+,10-,11+;/m1./s1. The monoisotopic (exact) mass is 511 g/mol. The Kier molecular flexibility index (Phi) is 6.51. The van der Waals surface area contributed by atoms with Gasteiger partial charge in [-0.05, 0) is 0 Å². The SMILES string of the molecule is NC1=N[C@H](O)[C@H]2[C@H]3O[C@]4(O)O[C@@H]([C@@H](O)[C@@]2(N1)[C@@H]4O)[C@]3(O)CO.O=C(O)CC(O)(CC(=O)O)C(=O)O. The molecule has 13 N–H and O–H groups in total. The predicted molar refractivity (Wildman–Crippen MR) is 103 cm³/mol. The van der Waals surface area contributed by atoms with E-state index in [0.29, 0.717) is 0 Å². The van der Waals surface area contributed by atoms with E-state index in [4.69, 9.17) is 35.6 Å². The molecular weight excluding hydrogens is 486 g/mol. The molecule has 3 saturated heterocycles. The van der Waals surface area contributed by atoms with Gasteiger partial charge in [0.15, 0.2) is 23.9 Å². The van der Waals surface area contributed by atoms with Crippen LogP contribution in [0.15, 0.2) is 4.99 Å². The lowest BCUT2D eigenvalue weighted by Gasteiger charge is -2.71. The molecule has 1 spiro atoms. The zero-order valence-corrected chi connectivity index (χ0v) is 17.6. The van der Waals surface area contributed by atoms with E-state index in [0.717, 1.165) is 0 Å². The zero-order chi connectivity index (χ0) is 26.7. The zero-order valence-electron chi connectivity index (χ0n) is 17.6. The molecule has 198 valence electrons. The molecule has 5 aliphatic rings. The quantitative estimate of drug-likeness (QED) is 0.157. The predicted octanol–water partition coefficient (Wildman–Crippen LogP) is -6.77. The average molecular weight is 511 g/mol. The largest absolute Gasteiger partial charge is 0.481 e. The maximum Gasteiger partial charge on any atom is 0.336 e. The fourth-order valence-corrected chi connectivity index (χ4v) is 4.95. The summed E-state index contributed by atoms with van der Waals surface area (Å²) in [6.45, 7) is -0.857. The lowest BCUT2D eigenvalue weighted by atomic mass is 9.55. The van der Waals surface area contributed by atoms with E-state index in [-0.39, 0.29) is 5.96 Å². The van der Waals surface area contributed by atoms with Crippen molar-refractivity contribution in [3.63, 3.8) is 0 Å². The van der Waals surface area contributed by atoms with Crippen molar-refractivity contribution in [2.75, 3.05) is 6.61 Å². The molecule has 4 heterocycles. The summed E-state index contributed by atoms with van der Waals surface area (Å²) >= 11 is 0. The summed E-state index contributed by atoms with van der Waals surface area (Å²) < 4.78 is 10.3. The Morgan fingerprint density at radius 1 is 1.03 bits per heavy atom. The molecule has 18 heteroatoms. The summed E-state index contributed by atoms with van der Waals surface area (Å²) in [7, 11) is 0. The highest BCUT2D eigenvalue weighted by Crippen LogP contribution is 2.58. The van der Waals surface area contributed by atoms with Crippen LogP contribution in [0, 0.1) is 5.92 Å². The Labute approximate surface area is 194 Å². The molecule has 5 rings (SSSR count). The Balaban J connectivity index is 0.000000228. The first kappa shape index (κ1) is 26.9. The van der Waals surface area contributed by atoms with Gasteiger partial charge in [-0.15, -0.1) is 0 Å². The first-order valence-electron chi connectivity index (χ1n) is 9.94. The van der Waals surface area contributed by atoms with E-state index in [2.05, 4.69) is 10.3 Å². The van der Waals surface area contributed by atoms with Gasteiger partial charge in [-0.1, -0.05) is 0 Å². The van der Waals surface area contributed by atoms with Crippen molar-refractivity contribution in [1.82, 2.24) is 5.32 Å². The van der Waals surface area contributed by atoms with Gasteiger partial charge in [0.1, 0.15) is 29.5 Å². The molecule has 0 aromatic heterocycles. The van der Waals surface area contributed by atoms with Gasteiger partial charge in [0.25, 0.3) is 0 Å². The minimum absolute atomic E-state index is 0.250. The van der Waals surface area contributed by atoms with Crippen LogP contribution in [-0.4, -0.2) is 135 Å². The number of aliphatic hydroxyl groups excluding tert-OH is 4. The molecule has 1 saturated carbocycles. The van der Waals surface area contributed by atoms with E-state index < -0.39 is 96.6 Å². The van der Waals surface area contributed by atoms with Crippen molar-refractivity contribution < 1.29 is 74.9 Å². The summed E-state index contributed by atoms with van der Waals surface area (Å²) in [6.07, 6.45) is -10.1. The Hall–Kier alpha value is -2.68. The second-order valence-corrected chi connectivity index (χ2v) is 8.69. The summed E-state index contributed by atoms with van der Waals surface area (Å²) in [5, 5.41) is 98.1. The number of ether oxygens (including phenoxy) is 2. The van der Waals surface area contributed by atoms with Crippen LogP contribution < -0.4 is 11.1 Å². The minimum atomic E-state index is -2.74. The van der Waals surface area contributed by atoms with Gasteiger partial charge in [0, 0.05) is 0 Å². The maximum atomic E-state index is 10.6. The van der Waals surface area contributed by atoms with Gasteiger partial charge in [0.2, 0.25) is 0 Å². The second kappa shape index (κ2) is 8.47. The molecule has 4 aliphatic heterocycles. The number of aliphatic carboxylic acids is 3. The summed E-state index contributed by atoms with van der Waals surface area (Å²) in [4.78, 5) is 34.2.